The van der Waals surface area contributed by atoms with Crippen LogP contribution in [0.25, 0.3) is 11.3 Å². The fourth-order valence-corrected chi connectivity index (χ4v) is 4.29. The molecule has 0 spiro atoms. The molecule has 9 heteroatoms. The van der Waals surface area contributed by atoms with Crippen LogP contribution in [0.3, 0.4) is 0 Å². The van der Waals surface area contributed by atoms with Crippen LogP contribution in [0, 0.1) is 12.8 Å². The Bertz CT molecular complexity index is 1020. The molecule has 1 aliphatic heterocycles. The van der Waals surface area contributed by atoms with E-state index in [-0.39, 0.29) is 17.7 Å². The van der Waals surface area contributed by atoms with E-state index in [1.54, 1.807) is 11.0 Å². The molecule has 0 atom stereocenters. The zero-order chi connectivity index (χ0) is 20.4. The molecular weight excluding hydrogens is 454 g/mol. The van der Waals surface area contributed by atoms with Gasteiger partial charge in [-0.05, 0) is 38.0 Å². The minimum Gasteiger partial charge on any atom is -0.337 e. The lowest BCUT2D eigenvalue weighted by Crippen LogP contribution is -2.41. The van der Waals surface area contributed by atoms with Crippen molar-refractivity contribution in [3.63, 3.8) is 0 Å². The SMILES string of the molecule is Cc1csc(NC(=O)C2CCN(C(=O)c3cc(-c4ccc(Br)cc4)n[nH]3)CC2)n1. The maximum absolute atomic E-state index is 12.8. The van der Waals surface area contributed by atoms with Gasteiger partial charge < -0.3 is 10.2 Å². The summed E-state index contributed by atoms with van der Waals surface area (Å²) >= 11 is 4.84. The van der Waals surface area contributed by atoms with Crippen LogP contribution in [-0.4, -0.2) is 45.0 Å². The van der Waals surface area contributed by atoms with Gasteiger partial charge in [-0.1, -0.05) is 28.1 Å². The minimum atomic E-state index is -0.108. The maximum Gasteiger partial charge on any atom is 0.271 e. The van der Waals surface area contributed by atoms with Crippen molar-refractivity contribution in [3.05, 3.63) is 51.6 Å². The smallest absolute Gasteiger partial charge is 0.271 e. The highest BCUT2D eigenvalue weighted by Gasteiger charge is 2.29. The van der Waals surface area contributed by atoms with Crippen LogP contribution in [0.5, 0.6) is 0 Å². The highest BCUT2D eigenvalue weighted by molar-refractivity contribution is 9.10. The topological polar surface area (TPSA) is 91.0 Å². The normalized spacial score (nSPS) is 14.8. The lowest BCUT2D eigenvalue weighted by Gasteiger charge is -2.30. The highest BCUT2D eigenvalue weighted by Crippen LogP contribution is 2.24. The minimum absolute atomic E-state index is 0.0227. The molecule has 29 heavy (non-hydrogen) atoms. The largest absolute Gasteiger partial charge is 0.337 e. The first-order chi connectivity index (χ1) is 14.0. The van der Waals surface area contributed by atoms with E-state index in [1.165, 1.54) is 11.3 Å². The molecule has 0 bridgehead atoms. The summed E-state index contributed by atoms with van der Waals surface area (Å²) in [6.07, 6.45) is 1.27. The van der Waals surface area contributed by atoms with E-state index in [2.05, 4.69) is 36.4 Å². The van der Waals surface area contributed by atoms with Crippen molar-refractivity contribution in [2.75, 3.05) is 18.4 Å². The molecule has 0 radical (unpaired) electrons. The molecule has 150 valence electrons. The number of hydrogen-bond acceptors (Lipinski definition) is 5. The molecule has 2 aromatic heterocycles. The molecule has 1 fully saturated rings. The van der Waals surface area contributed by atoms with Gasteiger partial charge in [0.05, 0.1) is 11.4 Å². The summed E-state index contributed by atoms with van der Waals surface area (Å²) in [6, 6.07) is 9.54. The molecule has 0 unspecified atom stereocenters. The van der Waals surface area contributed by atoms with E-state index >= 15 is 0 Å². The third kappa shape index (κ3) is 4.56. The molecule has 1 aliphatic rings. The number of nitrogens with zero attached hydrogens (tertiary/aromatic N) is 3. The fourth-order valence-electron chi connectivity index (χ4n) is 3.33. The number of anilines is 1. The summed E-state index contributed by atoms with van der Waals surface area (Å²) in [5, 5.41) is 12.5. The fraction of sp³-hybridized carbons (Fsp3) is 0.300. The van der Waals surface area contributed by atoms with Gasteiger partial charge in [-0.3, -0.25) is 14.7 Å². The van der Waals surface area contributed by atoms with E-state index in [0.29, 0.717) is 36.8 Å². The van der Waals surface area contributed by atoms with Gasteiger partial charge >= 0.3 is 0 Å². The molecule has 2 amide bonds. The lowest BCUT2D eigenvalue weighted by atomic mass is 9.96. The van der Waals surface area contributed by atoms with Crippen LogP contribution in [0.1, 0.15) is 29.0 Å². The average molecular weight is 474 g/mol. The second-order valence-corrected chi connectivity index (χ2v) is 8.80. The lowest BCUT2D eigenvalue weighted by molar-refractivity contribution is -0.121. The first-order valence-corrected chi connectivity index (χ1v) is 11.0. The second-order valence-electron chi connectivity index (χ2n) is 7.02. The van der Waals surface area contributed by atoms with Crippen LogP contribution >= 0.6 is 27.3 Å². The van der Waals surface area contributed by atoms with Crippen LogP contribution in [0.2, 0.25) is 0 Å². The summed E-state index contributed by atoms with van der Waals surface area (Å²) in [4.78, 5) is 31.3. The number of nitrogens with one attached hydrogen (secondary N) is 2. The average Bonchev–Trinajstić information content (AvgIpc) is 3.37. The van der Waals surface area contributed by atoms with Gasteiger partial charge in [-0.15, -0.1) is 11.3 Å². The quantitative estimate of drug-likeness (QED) is 0.596. The monoisotopic (exact) mass is 473 g/mol. The van der Waals surface area contributed by atoms with Crippen molar-refractivity contribution >= 4 is 44.2 Å². The molecule has 1 saturated heterocycles. The highest BCUT2D eigenvalue weighted by atomic mass is 79.9. The third-order valence-corrected chi connectivity index (χ3v) is 6.35. The molecule has 3 aromatic rings. The summed E-state index contributed by atoms with van der Waals surface area (Å²) in [7, 11) is 0. The number of aromatic nitrogens is 3. The Labute approximate surface area is 180 Å². The zero-order valence-corrected chi connectivity index (χ0v) is 18.2. The first kappa shape index (κ1) is 19.8. The molecule has 3 heterocycles. The van der Waals surface area contributed by atoms with Crippen molar-refractivity contribution in [2.45, 2.75) is 19.8 Å². The van der Waals surface area contributed by atoms with Gasteiger partial charge in [0.2, 0.25) is 5.91 Å². The number of H-pyrrole nitrogens is 1. The van der Waals surface area contributed by atoms with Crippen molar-refractivity contribution in [1.82, 2.24) is 20.1 Å². The van der Waals surface area contributed by atoms with E-state index in [0.717, 1.165) is 21.4 Å². The van der Waals surface area contributed by atoms with Gasteiger partial charge in [0.25, 0.3) is 5.91 Å². The number of thiazole rings is 1. The molecular formula is C20H20BrN5O2S. The van der Waals surface area contributed by atoms with E-state index in [1.807, 2.05) is 36.6 Å². The van der Waals surface area contributed by atoms with Gasteiger partial charge in [0.1, 0.15) is 5.69 Å². The van der Waals surface area contributed by atoms with E-state index in [9.17, 15) is 9.59 Å². The van der Waals surface area contributed by atoms with Crippen molar-refractivity contribution in [1.29, 1.82) is 0 Å². The van der Waals surface area contributed by atoms with Gasteiger partial charge in [0.15, 0.2) is 5.13 Å². The first-order valence-electron chi connectivity index (χ1n) is 9.33. The van der Waals surface area contributed by atoms with Crippen LogP contribution in [0.4, 0.5) is 5.13 Å². The van der Waals surface area contributed by atoms with Gasteiger partial charge in [-0.2, -0.15) is 5.10 Å². The molecule has 1 aromatic carbocycles. The predicted molar refractivity (Wildman–Crippen MR) is 116 cm³/mol. The summed E-state index contributed by atoms with van der Waals surface area (Å²) in [5.74, 6) is -0.218. The Kier molecular flexibility index (Phi) is 5.77. The van der Waals surface area contributed by atoms with Crippen LogP contribution in [-0.2, 0) is 4.79 Å². The van der Waals surface area contributed by atoms with Gasteiger partial charge in [0, 0.05) is 34.4 Å². The number of piperidine rings is 1. The van der Waals surface area contributed by atoms with Crippen LogP contribution < -0.4 is 5.32 Å². The number of aryl methyl sites for hydroxylation is 1. The van der Waals surface area contributed by atoms with Crippen molar-refractivity contribution in [2.24, 2.45) is 5.92 Å². The third-order valence-electron chi connectivity index (χ3n) is 4.95. The molecule has 7 nitrogen and oxygen atoms in total. The number of carbonyl (C=O) groups is 2. The Hall–Kier alpha value is -2.52. The predicted octanol–water partition coefficient (Wildman–Crippen LogP) is 4.10. The number of likely N-dealkylation sites (tertiary alicyclic amines) is 1. The van der Waals surface area contributed by atoms with E-state index < -0.39 is 0 Å². The Morgan fingerprint density at radius 2 is 1.97 bits per heavy atom. The molecule has 0 saturated carbocycles. The zero-order valence-electron chi connectivity index (χ0n) is 15.8. The number of halogens is 1. The number of carbonyl (C=O) groups excluding carboxylic acids is 2. The number of rotatable bonds is 4. The Morgan fingerprint density at radius 3 is 2.62 bits per heavy atom. The summed E-state index contributed by atoms with van der Waals surface area (Å²) in [6.45, 7) is 2.98. The van der Waals surface area contributed by atoms with E-state index in [4.69, 9.17) is 0 Å². The summed E-state index contributed by atoms with van der Waals surface area (Å²) < 4.78 is 0.991. The maximum atomic E-state index is 12.8. The second kappa shape index (κ2) is 8.46. The Morgan fingerprint density at radius 1 is 1.24 bits per heavy atom. The standard InChI is InChI=1S/C20H20BrN5O2S/c1-12-11-29-20(22-12)23-18(27)14-6-8-26(9-7-14)19(28)17-10-16(24-25-17)13-2-4-15(21)5-3-13/h2-5,10-11,14H,6-9H2,1H3,(H,24,25)(H,22,23,27). The Balaban J connectivity index is 1.34. The number of amides is 2. The molecule has 2 N–H and O–H groups in total. The van der Waals surface area contributed by atoms with Crippen molar-refractivity contribution < 1.29 is 9.59 Å². The van der Waals surface area contributed by atoms with Crippen molar-refractivity contribution in [3.8, 4) is 11.3 Å². The number of aromatic amines is 1. The number of benzene rings is 1. The summed E-state index contributed by atoms with van der Waals surface area (Å²) in [5.41, 5.74) is 3.03. The molecule has 4 rings (SSSR count). The number of hydrogen-bond donors (Lipinski definition) is 2. The molecule has 0 aliphatic carbocycles. The van der Waals surface area contributed by atoms with Gasteiger partial charge in [-0.25, -0.2) is 4.98 Å². The van der Waals surface area contributed by atoms with Crippen LogP contribution in [0.15, 0.2) is 40.2 Å².